The maximum atomic E-state index is 13.2. The third kappa shape index (κ3) is 4.06. The molecule has 0 aliphatic carbocycles. The lowest BCUT2D eigenvalue weighted by Gasteiger charge is -2.30. The van der Waals surface area contributed by atoms with Gasteiger partial charge in [-0.25, -0.2) is 8.42 Å². The van der Waals surface area contributed by atoms with Gasteiger partial charge >= 0.3 is 0 Å². The van der Waals surface area contributed by atoms with Crippen molar-refractivity contribution < 1.29 is 21.6 Å². The number of aryl methyl sites for hydroxylation is 1. The molecule has 8 nitrogen and oxygen atoms in total. The van der Waals surface area contributed by atoms with Crippen LogP contribution in [0.1, 0.15) is 38.1 Å². The van der Waals surface area contributed by atoms with Crippen LogP contribution in [0, 0.1) is 19.8 Å². The lowest BCUT2D eigenvalue weighted by molar-refractivity contribution is 0.281. The van der Waals surface area contributed by atoms with Gasteiger partial charge in [0.15, 0.2) is 0 Å². The third-order valence-corrected chi connectivity index (χ3v) is 8.86. The predicted molar refractivity (Wildman–Crippen MR) is 109 cm³/mol. The highest BCUT2D eigenvalue weighted by atomic mass is 32.2. The summed E-state index contributed by atoms with van der Waals surface area (Å²) >= 11 is 0. The van der Waals surface area contributed by atoms with Gasteiger partial charge in [-0.15, -0.1) is 0 Å². The third-order valence-electron chi connectivity index (χ3n) is 5.06. The monoisotopic (exact) mass is 441 g/mol. The summed E-state index contributed by atoms with van der Waals surface area (Å²) in [5.41, 5.74) is 0.268. The zero-order valence-electron chi connectivity index (χ0n) is 17.1. The van der Waals surface area contributed by atoms with Crippen LogP contribution in [0.15, 0.2) is 34.1 Å². The van der Waals surface area contributed by atoms with Crippen LogP contribution in [0.25, 0.3) is 0 Å². The second-order valence-electron chi connectivity index (χ2n) is 7.36. The van der Waals surface area contributed by atoms with Gasteiger partial charge in [0.25, 0.3) is 10.0 Å². The number of nitrogens with zero attached hydrogens (tertiary/aromatic N) is 3. The summed E-state index contributed by atoms with van der Waals surface area (Å²) in [5, 5.41) is 4.09. The number of piperidine rings is 1. The van der Waals surface area contributed by atoms with E-state index in [0.29, 0.717) is 25.4 Å². The molecule has 1 unspecified atom stereocenters. The van der Waals surface area contributed by atoms with Crippen molar-refractivity contribution in [3.63, 3.8) is 0 Å². The summed E-state index contributed by atoms with van der Waals surface area (Å²) in [6, 6.07) is 5.98. The van der Waals surface area contributed by atoms with E-state index in [1.165, 1.54) is 30.3 Å². The van der Waals surface area contributed by atoms with Gasteiger partial charge in [0.1, 0.15) is 10.6 Å². The van der Waals surface area contributed by atoms with Crippen molar-refractivity contribution in [1.29, 1.82) is 0 Å². The van der Waals surface area contributed by atoms with Crippen LogP contribution in [-0.2, 0) is 20.0 Å². The molecule has 1 aliphatic heterocycles. The average molecular weight is 442 g/mol. The van der Waals surface area contributed by atoms with Crippen molar-refractivity contribution in [1.82, 2.24) is 13.5 Å². The van der Waals surface area contributed by atoms with Gasteiger partial charge in [-0.05, 0) is 63.8 Å². The largest absolute Gasteiger partial charge is 0.494 e. The highest BCUT2D eigenvalue weighted by Crippen LogP contribution is 2.29. The lowest BCUT2D eigenvalue weighted by Crippen LogP contribution is -2.39. The Kier molecular flexibility index (Phi) is 6.07. The number of hydrogen-bond donors (Lipinski definition) is 0. The minimum Gasteiger partial charge on any atom is -0.494 e. The molecule has 1 fully saturated rings. The van der Waals surface area contributed by atoms with E-state index in [-0.39, 0.29) is 27.1 Å². The number of ether oxygens (including phenoxy) is 1. The van der Waals surface area contributed by atoms with Crippen molar-refractivity contribution in [3.8, 4) is 5.75 Å². The van der Waals surface area contributed by atoms with Crippen LogP contribution >= 0.6 is 0 Å². The summed E-state index contributed by atoms with van der Waals surface area (Å²) in [4.78, 5) is -0.0109. The maximum absolute atomic E-state index is 13.2. The molecule has 1 aromatic heterocycles. The van der Waals surface area contributed by atoms with Crippen LogP contribution < -0.4 is 4.74 Å². The number of benzene rings is 1. The molecule has 0 amide bonds. The van der Waals surface area contributed by atoms with E-state index in [2.05, 4.69) is 5.10 Å². The van der Waals surface area contributed by atoms with Crippen LogP contribution in [0.2, 0.25) is 0 Å². The van der Waals surface area contributed by atoms with Crippen molar-refractivity contribution in [3.05, 3.63) is 35.7 Å². The van der Waals surface area contributed by atoms with Crippen LogP contribution in [-0.4, -0.2) is 50.0 Å². The molecule has 0 spiro atoms. The SMILES string of the molecule is CCOc1ccc(S(=O)(=O)n2nc(C)c(S(=O)(=O)N3CCCC(C)C3)c2C)cc1. The Morgan fingerprint density at radius 2 is 1.76 bits per heavy atom. The molecule has 160 valence electrons. The van der Waals surface area contributed by atoms with E-state index < -0.39 is 20.0 Å². The number of rotatable bonds is 6. The molecule has 1 saturated heterocycles. The minimum absolute atomic E-state index is 0.0158. The summed E-state index contributed by atoms with van der Waals surface area (Å²) in [7, 11) is -7.86. The van der Waals surface area contributed by atoms with Gasteiger partial charge in [-0.1, -0.05) is 6.92 Å². The quantitative estimate of drug-likeness (QED) is 0.683. The summed E-state index contributed by atoms with van der Waals surface area (Å²) in [6.07, 6.45) is 1.77. The van der Waals surface area contributed by atoms with Gasteiger partial charge in [0.2, 0.25) is 10.0 Å². The molecular formula is C19H27N3O5S2. The topological polar surface area (TPSA) is 98.6 Å². The predicted octanol–water partition coefficient (Wildman–Crippen LogP) is 2.56. The molecule has 3 rings (SSSR count). The molecule has 1 aliphatic rings. The standard InChI is InChI=1S/C19H27N3O5S2/c1-5-27-17-8-10-18(11-9-17)28(23,24)22-16(4)19(15(3)20-22)29(25,26)21-12-6-7-14(2)13-21/h8-11,14H,5-7,12-13H2,1-4H3. The molecular weight excluding hydrogens is 414 g/mol. The Morgan fingerprint density at radius 3 is 2.34 bits per heavy atom. The highest BCUT2D eigenvalue weighted by Gasteiger charge is 2.35. The Balaban J connectivity index is 2.02. The van der Waals surface area contributed by atoms with E-state index in [9.17, 15) is 16.8 Å². The molecule has 2 heterocycles. The zero-order chi connectivity index (χ0) is 21.4. The molecule has 29 heavy (non-hydrogen) atoms. The van der Waals surface area contributed by atoms with Crippen molar-refractivity contribution in [2.24, 2.45) is 5.92 Å². The summed E-state index contributed by atoms with van der Waals surface area (Å²) < 4.78 is 60.2. The van der Waals surface area contributed by atoms with Gasteiger partial charge < -0.3 is 4.74 Å². The van der Waals surface area contributed by atoms with Gasteiger partial charge in [0.05, 0.1) is 22.9 Å². The molecule has 0 N–H and O–H groups in total. The Bertz CT molecular complexity index is 1090. The van der Waals surface area contributed by atoms with Crippen LogP contribution in [0.3, 0.4) is 0 Å². The van der Waals surface area contributed by atoms with Crippen LogP contribution in [0.5, 0.6) is 5.75 Å². The number of aromatic nitrogens is 2. The first-order valence-electron chi connectivity index (χ1n) is 9.63. The van der Waals surface area contributed by atoms with Crippen molar-refractivity contribution in [2.75, 3.05) is 19.7 Å². The first kappa shape index (κ1) is 21.8. The molecule has 0 bridgehead atoms. The van der Waals surface area contributed by atoms with E-state index in [0.717, 1.165) is 16.9 Å². The smallest absolute Gasteiger partial charge is 0.283 e. The average Bonchev–Trinajstić information content (AvgIpc) is 2.98. The Labute approximate surface area is 172 Å². The fourth-order valence-corrected chi connectivity index (χ4v) is 7.05. The van der Waals surface area contributed by atoms with E-state index >= 15 is 0 Å². The van der Waals surface area contributed by atoms with Crippen LogP contribution in [0.4, 0.5) is 0 Å². The Hall–Kier alpha value is -1.91. The molecule has 0 radical (unpaired) electrons. The molecule has 10 heteroatoms. The first-order chi connectivity index (χ1) is 13.6. The van der Waals surface area contributed by atoms with E-state index in [1.807, 2.05) is 13.8 Å². The number of hydrogen-bond acceptors (Lipinski definition) is 6. The fourth-order valence-electron chi connectivity index (χ4n) is 3.68. The second-order valence-corrected chi connectivity index (χ2v) is 11.0. The maximum Gasteiger partial charge on any atom is 0.283 e. The number of sulfonamides is 1. The summed E-state index contributed by atoms with van der Waals surface area (Å²) in [5.74, 6) is 0.823. The first-order valence-corrected chi connectivity index (χ1v) is 12.5. The minimum atomic E-state index is -4.04. The van der Waals surface area contributed by atoms with Gasteiger partial charge in [-0.2, -0.15) is 21.9 Å². The van der Waals surface area contributed by atoms with E-state index in [1.54, 1.807) is 12.1 Å². The zero-order valence-corrected chi connectivity index (χ0v) is 18.8. The molecule has 1 aromatic carbocycles. The fraction of sp³-hybridized carbons (Fsp3) is 0.526. The van der Waals surface area contributed by atoms with Gasteiger partial charge in [-0.3, -0.25) is 0 Å². The second kappa shape index (κ2) is 8.08. The van der Waals surface area contributed by atoms with Gasteiger partial charge in [0, 0.05) is 13.1 Å². The van der Waals surface area contributed by atoms with Crippen molar-refractivity contribution >= 4 is 20.0 Å². The Morgan fingerprint density at radius 1 is 1.10 bits per heavy atom. The highest BCUT2D eigenvalue weighted by molar-refractivity contribution is 7.90. The molecule has 0 saturated carbocycles. The summed E-state index contributed by atoms with van der Waals surface area (Å²) in [6.45, 7) is 8.19. The molecule has 1 atom stereocenters. The van der Waals surface area contributed by atoms with Crippen molar-refractivity contribution in [2.45, 2.75) is 50.3 Å². The lowest BCUT2D eigenvalue weighted by atomic mass is 10.0. The normalized spacial score (nSPS) is 18.7. The van der Waals surface area contributed by atoms with E-state index in [4.69, 9.17) is 4.74 Å². The molecule has 2 aromatic rings.